The van der Waals surface area contributed by atoms with Crippen LogP contribution in [-0.2, 0) is 22.4 Å². The van der Waals surface area contributed by atoms with Gasteiger partial charge in [0.15, 0.2) is 0 Å². The van der Waals surface area contributed by atoms with Gasteiger partial charge in [-0.25, -0.2) is 0 Å². The van der Waals surface area contributed by atoms with Crippen LogP contribution >= 0.6 is 0 Å². The standard InChI is InChI=1S/C19H28O.C16H27NO.C3H9N.2C2H6.CH2O2/c1-3-5-7-9-17-11-13-18(14-12-17)15-19(16-20)10-8-6-4-2;1-4-5-9-12-17-15(18)14(2)13-16(3)10-7-6-8-11-16;1-4(2)3;2*1-2;2-1-3/h6,8,10-14,20H,3-5,7,9,15-16H2,1-2H3;6-8,10,14H,4-5,9,11-13H2,1-3H3,(H,17,18);1-3H3;2*1-2H3;1H,(H,2,3)/b8-6-,19-10-;;;;;. The topological polar surface area (TPSA) is 89.9 Å². The van der Waals surface area contributed by atoms with Crippen LogP contribution < -0.4 is 5.32 Å². The Morgan fingerprint density at radius 2 is 1.47 bits per heavy atom. The number of aliphatic hydroxyl groups excluding tert-OH is 1. The smallest absolute Gasteiger partial charge is 0.290 e. The van der Waals surface area contributed by atoms with Crippen LogP contribution in [0.1, 0.15) is 131 Å². The number of nitrogens with zero attached hydrogens (tertiary/aromatic N) is 1. The third-order valence-electron chi connectivity index (χ3n) is 7.06. The summed E-state index contributed by atoms with van der Waals surface area (Å²) in [6.45, 7) is 19.5. The molecule has 0 aliphatic heterocycles. The van der Waals surface area contributed by atoms with E-state index in [4.69, 9.17) is 9.90 Å². The molecule has 3 N–H and O–H groups in total. The van der Waals surface area contributed by atoms with E-state index in [0.29, 0.717) is 0 Å². The number of hydrogen-bond acceptors (Lipinski definition) is 4. The number of rotatable bonds is 16. The average Bonchev–Trinajstić information content (AvgIpc) is 3.09. The maximum atomic E-state index is 12.0. The summed E-state index contributed by atoms with van der Waals surface area (Å²) in [7, 11) is 6.00. The largest absolute Gasteiger partial charge is 0.483 e. The third kappa shape index (κ3) is 36.2. The SMILES string of the molecule is CC.CC.CC/C=C\C=C(/CO)Cc1ccc(CCCCC)cc1.CCCCCNC(=O)C(C)CC1(C)C=CC=CC1.CN(C)C.O=CO. The Labute approximate surface area is 303 Å². The van der Waals surface area contributed by atoms with Crippen molar-refractivity contribution in [3.63, 3.8) is 0 Å². The van der Waals surface area contributed by atoms with Gasteiger partial charge in [0.05, 0.1) is 6.61 Å². The second kappa shape index (κ2) is 39.5. The minimum Gasteiger partial charge on any atom is -0.483 e. The number of carbonyl (C=O) groups excluding carboxylic acids is 1. The zero-order chi connectivity index (χ0) is 38.3. The minimum absolute atomic E-state index is 0.0905. The summed E-state index contributed by atoms with van der Waals surface area (Å²) >= 11 is 0. The van der Waals surface area contributed by atoms with Crippen molar-refractivity contribution in [2.75, 3.05) is 34.3 Å². The molecule has 0 aromatic heterocycles. The van der Waals surface area contributed by atoms with Crippen molar-refractivity contribution in [1.82, 2.24) is 10.2 Å². The van der Waals surface area contributed by atoms with Gasteiger partial charge in [-0.2, -0.15) is 0 Å². The van der Waals surface area contributed by atoms with E-state index >= 15 is 0 Å². The summed E-state index contributed by atoms with van der Waals surface area (Å²) in [4.78, 5) is 22.3. The van der Waals surface area contributed by atoms with Crippen LogP contribution in [0.25, 0.3) is 0 Å². The van der Waals surface area contributed by atoms with Crippen molar-refractivity contribution in [2.45, 2.75) is 133 Å². The van der Waals surface area contributed by atoms with E-state index in [2.05, 4.69) is 87.7 Å². The molecule has 0 spiro atoms. The van der Waals surface area contributed by atoms with Gasteiger partial charge in [-0.1, -0.05) is 155 Å². The van der Waals surface area contributed by atoms with Crippen LogP contribution in [0, 0.1) is 11.3 Å². The fourth-order valence-corrected chi connectivity index (χ4v) is 4.65. The zero-order valence-electron chi connectivity index (χ0n) is 33.9. The number of carbonyl (C=O) groups is 2. The van der Waals surface area contributed by atoms with Crippen molar-refractivity contribution in [1.29, 1.82) is 0 Å². The summed E-state index contributed by atoms with van der Waals surface area (Å²) in [5.74, 6) is 0.294. The van der Waals surface area contributed by atoms with Gasteiger partial charge >= 0.3 is 0 Å². The van der Waals surface area contributed by atoms with E-state index in [1.807, 2.05) is 72.8 Å². The van der Waals surface area contributed by atoms with Crippen molar-refractivity contribution in [3.8, 4) is 0 Å². The van der Waals surface area contributed by atoms with Crippen molar-refractivity contribution >= 4 is 12.4 Å². The summed E-state index contributed by atoms with van der Waals surface area (Å²) in [5, 5.41) is 19.3. The molecule has 1 aliphatic carbocycles. The Morgan fingerprint density at radius 1 is 0.939 bits per heavy atom. The molecule has 6 heteroatoms. The molecule has 284 valence electrons. The molecule has 2 unspecified atom stereocenters. The normalized spacial score (nSPS) is 15.0. The van der Waals surface area contributed by atoms with E-state index in [1.54, 1.807) is 0 Å². The number of amides is 1. The summed E-state index contributed by atoms with van der Waals surface area (Å²) in [6.07, 6.45) is 27.1. The van der Waals surface area contributed by atoms with Gasteiger partial charge in [0.2, 0.25) is 5.91 Å². The molecule has 0 bridgehead atoms. The second-order valence-electron chi connectivity index (χ2n) is 12.5. The van der Waals surface area contributed by atoms with Gasteiger partial charge in [0.1, 0.15) is 0 Å². The van der Waals surface area contributed by atoms with Crippen LogP contribution in [0.15, 0.2) is 72.4 Å². The molecule has 2 rings (SSSR count). The highest BCUT2D eigenvalue weighted by Crippen LogP contribution is 2.34. The molecule has 2 atom stereocenters. The van der Waals surface area contributed by atoms with E-state index in [9.17, 15) is 9.90 Å². The number of carboxylic acid groups (broad SMARTS) is 1. The third-order valence-corrected chi connectivity index (χ3v) is 7.06. The van der Waals surface area contributed by atoms with Gasteiger partial charge in [0, 0.05) is 12.5 Å². The Kier molecular flexibility index (Phi) is 42.6. The monoisotopic (exact) mass is 687 g/mol. The van der Waals surface area contributed by atoms with Gasteiger partial charge in [-0.3, -0.25) is 9.59 Å². The molecule has 0 saturated carbocycles. The van der Waals surface area contributed by atoms with Crippen LogP contribution in [-0.4, -0.2) is 61.8 Å². The van der Waals surface area contributed by atoms with Crippen LogP contribution in [0.2, 0.25) is 0 Å². The predicted octanol–water partition coefficient (Wildman–Crippen LogP) is 10.6. The Balaban J connectivity index is -0.000000320. The number of aryl methyl sites for hydroxylation is 1. The van der Waals surface area contributed by atoms with Crippen molar-refractivity contribution < 1.29 is 19.8 Å². The predicted molar refractivity (Wildman–Crippen MR) is 216 cm³/mol. The Hall–Kier alpha value is -2.96. The van der Waals surface area contributed by atoms with Gasteiger partial charge in [0.25, 0.3) is 6.47 Å². The lowest BCUT2D eigenvalue weighted by Crippen LogP contribution is -2.33. The van der Waals surface area contributed by atoms with E-state index in [-0.39, 0.29) is 30.3 Å². The van der Waals surface area contributed by atoms with E-state index in [1.165, 1.54) is 49.7 Å². The van der Waals surface area contributed by atoms with Gasteiger partial charge < -0.3 is 20.4 Å². The van der Waals surface area contributed by atoms with Crippen LogP contribution in [0.3, 0.4) is 0 Å². The average molecular weight is 687 g/mol. The van der Waals surface area contributed by atoms with E-state index in [0.717, 1.165) is 44.2 Å². The lowest BCUT2D eigenvalue weighted by Gasteiger charge is -2.29. The highest BCUT2D eigenvalue weighted by atomic mass is 16.3. The first-order valence-corrected chi connectivity index (χ1v) is 18.9. The minimum atomic E-state index is -0.250. The van der Waals surface area contributed by atoms with Crippen LogP contribution in [0.4, 0.5) is 0 Å². The lowest BCUT2D eigenvalue weighted by molar-refractivity contribution is -0.125. The van der Waals surface area contributed by atoms with Crippen molar-refractivity contribution in [3.05, 3.63) is 83.5 Å². The molecule has 1 aliphatic rings. The first-order valence-electron chi connectivity index (χ1n) is 18.9. The van der Waals surface area contributed by atoms with Crippen molar-refractivity contribution in [2.24, 2.45) is 11.3 Å². The summed E-state index contributed by atoms with van der Waals surface area (Å²) in [6, 6.07) is 8.83. The maximum Gasteiger partial charge on any atom is 0.290 e. The lowest BCUT2D eigenvalue weighted by atomic mass is 9.76. The molecule has 49 heavy (non-hydrogen) atoms. The number of nitrogens with one attached hydrogen (secondary N) is 1. The number of aliphatic hydroxyl groups is 1. The fourth-order valence-electron chi connectivity index (χ4n) is 4.65. The molecule has 0 heterocycles. The molecule has 1 aromatic carbocycles. The molecule has 0 saturated heterocycles. The zero-order valence-corrected chi connectivity index (χ0v) is 33.9. The number of benzene rings is 1. The molecule has 0 radical (unpaired) electrons. The van der Waals surface area contributed by atoms with E-state index < -0.39 is 0 Å². The van der Waals surface area contributed by atoms with Gasteiger partial charge in [-0.05, 0) is 88.2 Å². The first kappa shape index (κ1) is 52.8. The molecule has 0 fully saturated rings. The summed E-state index contributed by atoms with van der Waals surface area (Å²) < 4.78 is 0. The molecule has 1 amide bonds. The molecule has 1 aromatic rings. The quantitative estimate of drug-likeness (QED) is 0.0915. The molecular weight excluding hydrogens is 608 g/mol. The van der Waals surface area contributed by atoms with Gasteiger partial charge in [-0.15, -0.1) is 0 Å². The maximum absolute atomic E-state index is 12.0. The fraction of sp³-hybridized carbons (Fsp3) is 0.628. The van der Waals surface area contributed by atoms with Crippen LogP contribution in [0.5, 0.6) is 0 Å². The summed E-state index contributed by atoms with van der Waals surface area (Å²) in [5.41, 5.74) is 3.90. The first-order chi connectivity index (χ1) is 23.5. The number of unbranched alkanes of at least 4 members (excludes halogenated alkanes) is 4. The number of hydrogen-bond donors (Lipinski definition) is 3. The Morgan fingerprint density at radius 3 is 1.94 bits per heavy atom. The molecular formula is C43H78N2O4. The highest BCUT2D eigenvalue weighted by molar-refractivity contribution is 5.78. The molecule has 6 nitrogen and oxygen atoms in total. The highest BCUT2D eigenvalue weighted by Gasteiger charge is 2.26. The number of allylic oxidation sites excluding steroid dienone is 7. The Bertz CT molecular complexity index is 977. The second-order valence-corrected chi connectivity index (χ2v) is 12.5.